The molecule has 0 aliphatic heterocycles. The van der Waals surface area contributed by atoms with Gasteiger partial charge in [-0.3, -0.25) is 4.99 Å². The van der Waals surface area contributed by atoms with Crippen molar-refractivity contribution >= 4 is 22.9 Å². The number of ether oxygens (including phenoxy) is 2. The maximum Gasteiger partial charge on any atom is 0.161 e. The fraction of sp³-hybridized carbons (Fsp3) is 0.0714. The van der Waals surface area contributed by atoms with Crippen LogP contribution in [0.2, 0.25) is 0 Å². The molecular formula is C28H23N3O2. The van der Waals surface area contributed by atoms with Crippen LogP contribution in [-0.2, 0) is 6.61 Å². The lowest BCUT2D eigenvalue weighted by Gasteiger charge is -2.11. The number of para-hydroxylation sites is 2. The summed E-state index contributed by atoms with van der Waals surface area (Å²) in [7, 11) is 1.64. The Morgan fingerprint density at radius 1 is 0.848 bits per heavy atom. The normalized spacial score (nSPS) is 11.2. The fourth-order valence-corrected chi connectivity index (χ4v) is 3.56. The van der Waals surface area contributed by atoms with Crippen LogP contribution in [0.1, 0.15) is 11.1 Å². The fourth-order valence-electron chi connectivity index (χ4n) is 3.56. The smallest absolute Gasteiger partial charge is 0.161 e. The van der Waals surface area contributed by atoms with Crippen molar-refractivity contribution < 1.29 is 9.47 Å². The number of hydrogen-bond donors (Lipinski definition) is 1. The molecular weight excluding hydrogens is 410 g/mol. The summed E-state index contributed by atoms with van der Waals surface area (Å²) in [4.78, 5) is 12.6. The second kappa shape index (κ2) is 9.40. The minimum atomic E-state index is 0.488. The first kappa shape index (κ1) is 20.5. The highest BCUT2D eigenvalue weighted by molar-refractivity contribution is 5.83. The molecule has 1 heterocycles. The lowest BCUT2D eigenvalue weighted by atomic mass is 10.2. The van der Waals surface area contributed by atoms with Gasteiger partial charge in [0.05, 0.1) is 23.8 Å². The van der Waals surface area contributed by atoms with Crippen LogP contribution in [-0.4, -0.2) is 23.3 Å². The van der Waals surface area contributed by atoms with E-state index in [-0.39, 0.29) is 0 Å². The third-order valence-electron chi connectivity index (χ3n) is 5.32. The number of rotatable bonds is 7. The average molecular weight is 434 g/mol. The molecule has 0 aliphatic rings. The molecule has 1 N–H and O–H groups in total. The van der Waals surface area contributed by atoms with Gasteiger partial charge in [-0.25, -0.2) is 4.98 Å². The standard InChI is InChI=1S/C28H23N3O2/c1-32-27-17-21(11-16-26(27)33-19-20-7-3-2-4-8-20)18-29-23-14-12-22(13-15-23)28-30-24-9-5-6-10-25(24)31-28/h2-18H,19H2,1H3,(H,30,31). The van der Waals surface area contributed by atoms with Crippen molar-refractivity contribution in [2.45, 2.75) is 6.61 Å². The van der Waals surface area contributed by atoms with Crippen molar-refractivity contribution in [3.8, 4) is 22.9 Å². The van der Waals surface area contributed by atoms with Gasteiger partial charge in [0.2, 0.25) is 0 Å². The van der Waals surface area contributed by atoms with Gasteiger partial charge in [0.15, 0.2) is 11.5 Å². The van der Waals surface area contributed by atoms with Gasteiger partial charge in [0.25, 0.3) is 0 Å². The lowest BCUT2D eigenvalue weighted by Crippen LogP contribution is -1.98. The Bertz CT molecular complexity index is 1360. The summed E-state index contributed by atoms with van der Waals surface area (Å²) in [5, 5.41) is 0. The van der Waals surface area contributed by atoms with E-state index >= 15 is 0 Å². The minimum absolute atomic E-state index is 0.488. The van der Waals surface area contributed by atoms with Crippen LogP contribution in [0.15, 0.2) is 102 Å². The zero-order valence-corrected chi connectivity index (χ0v) is 18.2. The molecule has 0 saturated carbocycles. The molecule has 0 radical (unpaired) electrons. The van der Waals surface area contributed by atoms with Crippen LogP contribution in [0, 0.1) is 0 Å². The van der Waals surface area contributed by atoms with Gasteiger partial charge in [-0.1, -0.05) is 42.5 Å². The molecule has 0 fully saturated rings. The summed E-state index contributed by atoms with van der Waals surface area (Å²) >= 11 is 0. The zero-order chi connectivity index (χ0) is 22.5. The van der Waals surface area contributed by atoms with Gasteiger partial charge in [-0.15, -0.1) is 0 Å². The molecule has 5 rings (SSSR count). The van der Waals surface area contributed by atoms with E-state index < -0.39 is 0 Å². The lowest BCUT2D eigenvalue weighted by molar-refractivity contribution is 0.284. The van der Waals surface area contributed by atoms with Gasteiger partial charge in [-0.05, 0) is 65.7 Å². The first-order valence-corrected chi connectivity index (χ1v) is 10.7. The molecule has 5 nitrogen and oxygen atoms in total. The van der Waals surface area contributed by atoms with Crippen LogP contribution >= 0.6 is 0 Å². The molecule has 0 atom stereocenters. The number of hydrogen-bond acceptors (Lipinski definition) is 4. The number of nitrogens with one attached hydrogen (secondary N) is 1. The Balaban J connectivity index is 1.28. The molecule has 0 aliphatic carbocycles. The first-order valence-electron chi connectivity index (χ1n) is 10.7. The SMILES string of the molecule is COc1cc(C=Nc2ccc(-c3nc4ccccc4[nH]3)cc2)ccc1OCc1ccccc1. The highest BCUT2D eigenvalue weighted by atomic mass is 16.5. The number of aliphatic imine (C=N–C) groups is 1. The monoisotopic (exact) mass is 433 g/mol. The van der Waals surface area contributed by atoms with E-state index in [1.807, 2.05) is 103 Å². The molecule has 162 valence electrons. The van der Waals surface area contributed by atoms with Gasteiger partial charge in [0, 0.05) is 11.8 Å². The summed E-state index contributed by atoms with van der Waals surface area (Å²) in [5.74, 6) is 2.23. The second-order valence-electron chi connectivity index (χ2n) is 7.59. The van der Waals surface area contributed by atoms with Crippen LogP contribution in [0.4, 0.5) is 5.69 Å². The van der Waals surface area contributed by atoms with Gasteiger partial charge in [-0.2, -0.15) is 0 Å². The van der Waals surface area contributed by atoms with Gasteiger partial charge in [0.1, 0.15) is 12.4 Å². The largest absolute Gasteiger partial charge is 0.493 e. The molecule has 5 aromatic rings. The molecule has 0 amide bonds. The number of benzene rings is 4. The number of aromatic nitrogens is 2. The second-order valence-corrected chi connectivity index (χ2v) is 7.59. The maximum absolute atomic E-state index is 5.93. The maximum atomic E-state index is 5.93. The Labute approximate surface area is 192 Å². The summed E-state index contributed by atoms with van der Waals surface area (Å²) in [5.41, 5.74) is 5.90. The Hall–Kier alpha value is -4.38. The van der Waals surface area contributed by atoms with Crippen molar-refractivity contribution in [2.75, 3.05) is 7.11 Å². The van der Waals surface area contributed by atoms with E-state index in [0.717, 1.165) is 39.2 Å². The first-order chi connectivity index (χ1) is 16.3. The average Bonchev–Trinajstić information content (AvgIpc) is 3.32. The predicted octanol–water partition coefficient (Wildman–Crippen LogP) is 6.57. The molecule has 33 heavy (non-hydrogen) atoms. The summed E-state index contributed by atoms with van der Waals surface area (Å²) < 4.78 is 11.4. The van der Waals surface area contributed by atoms with Crippen molar-refractivity contribution in [2.24, 2.45) is 4.99 Å². The summed E-state index contributed by atoms with van der Waals surface area (Å²) in [6.07, 6.45) is 1.82. The highest BCUT2D eigenvalue weighted by Gasteiger charge is 2.07. The molecule has 5 heteroatoms. The molecule has 0 spiro atoms. The van der Waals surface area contributed by atoms with E-state index in [9.17, 15) is 0 Å². The van der Waals surface area contributed by atoms with Crippen molar-refractivity contribution in [1.82, 2.24) is 9.97 Å². The minimum Gasteiger partial charge on any atom is -0.493 e. The number of imidazole rings is 1. The molecule has 0 saturated heterocycles. The molecule has 0 unspecified atom stereocenters. The van der Waals surface area contributed by atoms with E-state index in [4.69, 9.17) is 9.47 Å². The molecule has 0 bridgehead atoms. The van der Waals surface area contributed by atoms with Crippen molar-refractivity contribution in [3.05, 3.63) is 108 Å². The van der Waals surface area contributed by atoms with Crippen LogP contribution < -0.4 is 9.47 Å². The van der Waals surface area contributed by atoms with Crippen LogP contribution in [0.3, 0.4) is 0 Å². The zero-order valence-electron chi connectivity index (χ0n) is 18.2. The third kappa shape index (κ3) is 4.77. The van der Waals surface area contributed by atoms with E-state index in [2.05, 4.69) is 15.0 Å². The van der Waals surface area contributed by atoms with Gasteiger partial charge >= 0.3 is 0 Å². The van der Waals surface area contributed by atoms with E-state index in [0.29, 0.717) is 18.1 Å². The van der Waals surface area contributed by atoms with Crippen molar-refractivity contribution in [1.29, 1.82) is 0 Å². The predicted molar refractivity (Wildman–Crippen MR) is 133 cm³/mol. The number of methoxy groups -OCH3 is 1. The summed E-state index contributed by atoms with van der Waals surface area (Å²) in [6.45, 7) is 0.488. The number of fused-ring (bicyclic) bond motifs is 1. The number of H-pyrrole nitrogens is 1. The Morgan fingerprint density at radius 3 is 2.42 bits per heavy atom. The van der Waals surface area contributed by atoms with Crippen molar-refractivity contribution in [3.63, 3.8) is 0 Å². The molecule has 1 aromatic heterocycles. The Kier molecular flexibility index (Phi) is 5.85. The quantitative estimate of drug-likeness (QED) is 0.295. The van der Waals surface area contributed by atoms with E-state index in [1.54, 1.807) is 7.11 Å². The number of aromatic amines is 1. The summed E-state index contributed by atoms with van der Waals surface area (Å²) in [6, 6.07) is 31.9. The topological polar surface area (TPSA) is 59.5 Å². The van der Waals surface area contributed by atoms with Gasteiger partial charge < -0.3 is 14.5 Å². The third-order valence-corrected chi connectivity index (χ3v) is 5.32. The highest BCUT2D eigenvalue weighted by Crippen LogP contribution is 2.29. The molecule has 4 aromatic carbocycles. The van der Waals surface area contributed by atoms with Crippen LogP contribution in [0.25, 0.3) is 22.4 Å². The Morgan fingerprint density at radius 2 is 1.64 bits per heavy atom. The van der Waals surface area contributed by atoms with E-state index in [1.165, 1.54) is 0 Å². The number of nitrogens with zero attached hydrogens (tertiary/aromatic N) is 2. The van der Waals surface area contributed by atoms with Crippen LogP contribution in [0.5, 0.6) is 11.5 Å².